The highest BCUT2D eigenvalue weighted by Gasteiger charge is 2.51. The lowest BCUT2D eigenvalue weighted by Gasteiger charge is -2.16. The molecule has 0 radical (unpaired) electrons. The van der Waals surface area contributed by atoms with E-state index in [4.69, 9.17) is 9.47 Å². The number of nitrogens with zero attached hydrogens (tertiary/aromatic N) is 1. The maximum absolute atomic E-state index is 13.1. The summed E-state index contributed by atoms with van der Waals surface area (Å²) in [7, 11) is 0. The van der Waals surface area contributed by atoms with Gasteiger partial charge in [0.2, 0.25) is 12.7 Å². The Labute approximate surface area is 171 Å². The highest BCUT2D eigenvalue weighted by atomic mass is 16.7. The van der Waals surface area contributed by atoms with Crippen molar-refractivity contribution in [2.24, 2.45) is 0 Å². The number of hydrogen-bond donors (Lipinski definition) is 1. The number of hydrogen-bond acceptors (Lipinski definition) is 4. The molecule has 1 aliphatic heterocycles. The molecule has 0 bridgehead atoms. The van der Waals surface area contributed by atoms with E-state index in [2.05, 4.69) is 41.5 Å². The standard InChI is InChI=1S/C24H22N2O3.H2/c1-15-3-5-17(6-4-15)19-8-10-22(25-16(19)2)26-23(27)24(11-12-24)18-7-9-20-21(13-18)29-14-28-20;/h3-10,13H,11-12,14H2,1-2H3,(H,25,26,27);1H. The van der Waals surface area contributed by atoms with Crippen molar-refractivity contribution < 1.29 is 15.7 Å². The van der Waals surface area contributed by atoms with Gasteiger partial charge in [0.25, 0.3) is 0 Å². The molecular formula is C24H24N2O3. The van der Waals surface area contributed by atoms with E-state index in [1.54, 1.807) is 0 Å². The van der Waals surface area contributed by atoms with Gasteiger partial charge in [-0.1, -0.05) is 35.9 Å². The number of aryl methyl sites for hydroxylation is 2. The molecule has 1 fully saturated rings. The summed E-state index contributed by atoms with van der Waals surface area (Å²) in [5.74, 6) is 1.99. The predicted molar refractivity (Wildman–Crippen MR) is 113 cm³/mol. The minimum Gasteiger partial charge on any atom is -0.454 e. The molecule has 1 amide bonds. The number of aromatic nitrogens is 1. The van der Waals surface area contributed by atoms with Crippen LogP contribution in [0.1, 0.15) is 31.1 Å². The quantitative estimate of drug-likeness (QED) is 0.682. The molecule has 1 aromatic heterocycles. The van der Waals surface area contributed by atoms with Crippen molar-refractivity contribution >= 4 is 11.7 Å². The summed E-state index contributed by atoms with van der Waals surface area (Å²) >= 11 is 0. The fraction of sp³-hybridized carbons (Fsp3) is 0.250. The summed E-state index contributed by atoms with van der Waals surface area (Å²) in [4.78, 5) is 17.7. The normalized spacial score (nSPS) is 15.8. The van der Waals surface area contributed by atoms with Crippen molar-refractivity contribution in [3.8, 4) is 22.6 Å². The highest BCUT2D eigenvalue weighted by Crippen LogP contribution is 2.51. The van der Waals surface area contributed by atoms with Crippen LogP contribution in [0, 0.1) is 13.8 Å². The van der Waals surface area contributed by atoms with Crippen molar-refractivity contribution in [3.05, 3.63) is 71.4 Å². The van der Waals surface area contributed by atoms with Gasteiger partial charge in [-0.15, -0.1) is 0 Å². The molecule has 5 rings (SSSR count). The van der Waals surface area contributed by atoms with Gasteiger partial charge in [0.05, 0.1) is 5.41 Å². The third-order valence-electron chi connectivity index (χ3n) is 5.80. The maximum atomic E-state index is 13.1. The van der Waals surface area contributed by atoms with Crippen molar-refractivity contribution in [3.63, 3.8) is 0 Å². The van der Waals surface area contributed by atoms with Crippen LogP contribution in [0.15, 0.2) is 54.6 Å². The first-order valence-electron chi connectivity index (χ1n) is 9.81. The summed E-state index contributed by atoms with van der Waals surface area (Å²) in [6.45, 7) is 4.27. The zero-order chi connectivity index (χ0) is 20.0. The number of fused-ring (bicyclic) bond motifs is 1. The van der Waals surface area contributed by atoms with Gasteiger partial charge in [-0.25, -0.2) is 4.98 Å². The van der Waals surface area contributed by atoms with E-state index in [9.17, 15) is 4.79 Å². The first-order valence-corrected chi connectivity index (χ1v) is 9.81. The third-order valence-corrected chi connectivity index (χ3v) is 5.80. The first-order chi connectivity index (χ1) is 14.0. The number of nitrogens with one attached hydrogen (secondary N) is 1. The zero-order valence-corrected chi connectivity index (χ0v) is 16.5. The van der Waals surface area contributed by atoms with Gasteiger partial charge >= 0.3 is 0 Å². The Balaban J connectivity index is 0.00000218. The fourth-order valence-electron chi connectivity index (χ4n) is 3.87. The molecule has 0 spiro atoms. The fourth-order valence-corrected chi connectivity index (χ4v) is 3.87. The van der Waals surface area contributed by atoms with Crippen LogP contribution in [0.4, 0.5) is 5.82 Å². The van der Waals surface area contributed by atoms with Crippen LogP contribution in [-0.2, 0) is 10.2 Å². The lowest BCUT2D eigenvalue weighted by molar-refractivity contribution is -0.118. The second-order valence-corrected chi connectivity index (χ2v) is 7.80. The number of amides is 1. The molecule has 0 saturated heterocycles. The molecular weight excluding hydrogens is 364 g/mol. The van der Waals surface area contributed by atoms with Crippen molar-refractivity contribution in [2.75, 3.05) is 12.1 Å². The summed E-state index contributed by atoms with van der Waals surface area (Å²) in [5, 5.41) is 3.02. The number of rotatable bonds is 4. The van der Waals surface area contributed by atoms with Gasteiger partial charge in [0.1, 0.15) is 5.82 Å². The zero-order valence-electron chi connectivity index (χ0n) is 16.5. The van der Waals surface area contributed by atoms with Crippen molar-refractivity contribution in [1.82, 2.24) is 4.98 Å². The lowest BCUT2D eigenvalue weighted by atomic mass is 9.94. The molecule has 29 heavy (non-hydrogen) atoms. The maximum Gasteiger partial charge on any atom is 0.236 e. The molecule has 0 atom stereocenters. The van der Waals surface area contributed by atoms with Gasteiger partial charge in [-0.2, -0.15) is 0 Å². The van der Waals surface area contributed by atoms with E-state index in [1.807, 2.05) is 37.3 Å². The summed E-state index contributed by atoms with van der Waals surface area (Å²) in [6, 6.07) is 18.0. The van der Waals surface area contributed by atoms with Crippen LogP contribution in [0.25, 0.3) is 11.1 Å². The Kier molecular flexibility index (Phi) is 4.05. The lowest BCUT2D eigenvalue weighted by Crippen LogP contribution is -2.28. The SMILES string of the molecule is Cc1ccc(-c2ccc(NC(=O)C3(c4ccc5c(c4)OCO5)CC3)nc2C)cc1.[HH]. The molecule has 5 nitrogen and oxygen atoms in total. The average molecular weight is 388 g/mol. The number of benzene rings is 2. The minimum absolute atomic E-state index is 0. The smallest absolute Gasteiger partial charge is 0.236 e. The van der Waals surface area contributed by atoms with Crippen LogP contribution in [0.3, 0.4) is 0 Å². The molecule has 0 unspecified atom stereocenters. The second-order valence-electron chi connectivity index (χ2n) is 7.80. The van der Waals surface area contributed by atoms with Gasteiger partial charge in [0.15, 0.2) is 11.5 Å². The largest absolute Gasteiger partial charge is 0.454 e. The molecule has 2 aromatic carbocycles. The number of pyridine rings is 1. The van der Waals surface area contributed by atoms with Crippen molar-refractivity contribution in [2.45, 2.75) is 32.1 Å². The Morgan fingerprint density at radius 2 is 1.76 bits per heavy atom. The predicted octanol–water partition coefficient (Wildman–Crippen LogP) is 5.01. The molecule has 2 heterocycles. The Morgan fingerprint density at radius 3 is 2.48 bits per heavy atom. The Bertz CT molecular complexity index is 1110. The van der Waals surface area contributed by atoms with Crippen LogP contribution in [0.2, 0.25) is 0 Å². The number of anilines is 1. The molecule has 5 heteroatoms. The summed E-state index contributed by atoms with van der Waals surface area (Å²) in [6.07, 6.45) is 1.64. The van der Waals surface area contributed by atoms with E-state index in [0.29, 0.717) is 11.6 Å². The number of carbonyl (C=O) groups excluding carboxylic acids is 1. The van der Waals surface area contributed by atoms with Crippen LogP contribution in [0.5, 0.6) is 11.5 Å². The van der Waals surface area contributed by atoms with Crippen LogP contribution < -0.4 is 14.8 Å². The minimum atomic E-state index is -0.508. The molecule has 1 saturated carbocycles. The molecule has 3 aromatic rings. The second kappa shape index (κ2) is 6.62. The molecule has 1 N–H and O–H groups in total. The van der Waals surface area contributed by atoms with E-state index in [0.717, 1.165) is 41.0 Å². The van der Waals surface area contributed by atoms with E-state index in [1.165, 1.54) is 5.56 Å². The van der Waals surface area contributed by atoms with Gasteiger partial charge in [0, 0.05) is 12.7 Å². The number of ether oxygens (including phenoxy) is 2. The van der Waals surface area contributed by atoms with Gasteiger partial charge in [-0.05, 0) is 62.1 Å². The van der Waals surface area contributed by atoms with Crippen LogP contribution >= 0.6 is 0 Å². The van der Waals surface area contributed by atoms with Gasteiger partial charge in [-0.3, -0.25) is 4.79 Å². The van der Waals surface area contributed by atoms with E-state index < -0.39 is 5.41 Å². The highest BCUT2D eigenvalue weighted by molar-refractivity contribution is 6.01. The van der Waals surface area contributed by atoms with E-state index >= 15 is 0 Å². The monoisotopic (exact) mass is 388 g/mol. The van der Waals surface area contributed by atoms with Gasteiger partial charge < -0.3 is 14.8 Å². The topological polar surface area (TPSA) is 60.5 Å². The molecule has 148 valence electrons. The van der Waals surface area contributed by atoms with Crippen molar-refractivity contribution in [1.29, 1.82) is 0 Å². The molecule has 2 aliphatic rings. The van der Waals surface area contributed by atoms with Crippen LogP contribution in [-0.4, -0.2) is 17.7 Å². The Hall–Kier alpha value is -3.34. The first kappa shape index (κ1) is 17.7. The molecule has 1 aliphatic carbocycles. The Morgan fingerprint density at radius 1 is 1.00 bits per heavy atom. The van der Waals surface area contributed by atoms with E-state index in [-0.39, 0.29) is 14.1 Å². The summed E-state index contributed by atoms with van der Waals surface area (Å²) in [5.41, 5.74) is 4.76. The average Bonchev–Trinajstić information content (AvgIpc) is 3.40. The summed E-state index contributed by atoms with van der Waals surface area (Å²) < 4.78 is 10.8. The third kappa shape index (κ3) is 3.12. The number of carbonyl (C=O) groups is 1.